The highest BCUT2D eigenvalue weighted by molar-refractivity contribution is 7.59. The van der Waals surface area contributed by atoms with Crippen molar-refractivity contribution < 1.29 is 14.7 Å². The standard InChI is InChI=1S/C31H54O3P/c1-26(2,3)21-15-17-23(30(13,19-21)28(7,8)9)25(35(32,33)34)24-18-16-22(27(4,5)6)20-31(24,14)29(10,11)12/h15-20,23-25,32-34H,1-14H3/q+1. The topological polar surface area (TPSA) is 60.7 Å². The molecular weight excluding hydrogens is 451 g/mol. The Morgan fingerprint density at radius 2 is 0.914 bits per heavy atom. The van der Waals surface area contributed by atoms with Crippen molar-refractivity contribution in [3.05, 3.63) is 47.6 Å². The molecule has 2 rings (SSSR count). The second-order valence-electron chi connectivity index (χ2n) is 15.6. The molecule has 0 saturated carbocycles. The fourth-order valence-electron chi connectivity index (χ4n) is 5.71. The SMILES string of the molecule is CC(C)(C)C1=CC(C)(C(C)(C)C)C(C(C2C=CC(C(C)(C)C)=CC2(C)C(C)(C)C)[P+](O)(O)O)C=C1. The van der Waals surface area contributed by atoms with Gasteiger partial charge in [-0.3, -0.25) is 0 Å². The Labute approximate surface area is 217 Å². The molecule has 3 N–H and O–H groups in total. The molecule has 0 heterocycles. The van der Waals surface area contributed by atoms with Gasteiger partial charge in [-0.15, -0.1) is 0 Å². The molecule has 200 valence electrons. The molecule has 0 aromatic carbocycles. The molecule has 0 aromatic heterocycles. The third-order valence-corrected chi connectivity index (χ3v) is 10.8. The summed E-state index contributed by atoms with van der Waals surface area (Å²) in [6, 6.07) is 0. The Kier molecular flexibility index (Phi) is 7.78. The van der Waals surface area contributed by atoms with Gasteiger partial charge in [-0.2, -0.15) is 14.7 Å². The lowest BCUT2D eigenvalue weighted by molar-refractivity contribution is 0.0463. The van der Waals surface area contributed by atoms with Crippen molar-refractivity contribution in [2.45, 2.75) is 103 Å². The highest BCUT2D eigenvalue weighted by Gasteiger charge is 2.63. The molecule has 0 saturated heterocycles. The fourth-order valence-corrected chi connectivity index (χ4v) is 7.39. The minimum Gasteiger partial charge on any atom is -0.193 e. The van der Waals surface area contributed by atoms with Crippen LogP contribution in [0.25, 0.3) is 0 Å². The van der Waals surface area contributed by atoms with Crippen molar-refractivity contribution in [1.82, 2.24) is 0 Å². The van der Waals surface area contributed by atoms with E-state index in [9.17, 15) is 14.7 Å². The summed E-state index contributed by atoms with van der Waals surface area (Å²) in [5.41, 5.74) is 0.587. The van der Waals surface area contributed by atoms with Crippen LogP contribution >= 0.6 is 7.94 Å². The summed E-state index contributed by atoms with van der Waals surface area (Å²) in [7, 11) is -4.24. The molecule has 2 aliphatic rings. The van der Waals surface area contributed by atoms with E-state index in [1.54, 1.807) is 0 Å². The zero-order chi connectivity index (χ0) is 27.6. The largest absolute Gasteiger partial charge is 0.408 e. The molecule has 4 atom stereocenters. The predicted octanol–water partition coefficient (Wildman–Crippen LogP) is 8.52. The lowest BCUT2D eigenvalue weighted by Gasteiger charge is -2.54. The lowest BCUT2D eigenvalue weighted by atomic mass is 9.51. The molecule has 0 fully saturated rings. The summed E-state index contributed by atoms with van der Waals surface area (Å²) in [6.45, 7) is 31.0. The molecule has 2 aliphatic carbocycles. The van der Waals surface area contributed by atoms with Gasteiger partial charge >= 0.3 is 7.94 Å². The summed E-state index contributed by atoms with van der Waals surface area (Å²) in [4.78, 5) is 33.4. The van der Waals surface area contributed by atoms with Crippen LogP contribution in [-0.4, -0.2) is 20.3 Å². The van der Waals surface area contributed by atoms with E-state index in [-0.39, 0.29) is 33.5 Å². The molecule has 0 amide bonds. The average Bonchev–Trinajstić information content (AvgIpc) is 2.60. The first kappa shape index (κ1) is 30.5. The van der Waals surface area contributed by atoms with Crippen molar-refractivity contribution in [1.29, 1.82) is 0 Å². The van der Waals surface area contributed by atoms with E-state index in [1.807, 2.05) is 0 Å². The van der Waals surface area contributed by atoms with Crippen LogP contribution in [0.4, 0.5) is 0 Å². The average molecular weight is 506 g/mol. The van der Waals surface area contributed by atoms with E-state index < -0.39 is 24.4 Å². The summed E-state index contributed by atoms with van der Waals surface area (Å²) < 4.78 is 0. The van der Waals surface area contributed by atoms with Gasteiger partial charge in [-0.25, -0.2) is 0 Å². The summed E-state index contributed by atoms with van der Waals surface area (Å²) in [5, 5.41) is 0. The van der Waals surface area contributed by atoms with Gasteiger partial charge in [0.25, 0.3) is 0 Å². The smallest absolute Gasteiger partial charge is 0.193 e. The molecule has 3 nitrogen and oxygen atoms in total. The van der Waals surface area contributed by atoms with E-state index in [1.165, 1.54) is 11.1 Å². The summed E-state index contributed by atoms with van der Waals surface area (Å²) in [5.74, 6) is -0.495. The Morgan fingerprint density at radius 1 is 0.629 bits per heavy atom. The third-order valence-electron chi connectivity index (χ3n) is 9.36. The normalized spacial score (nSPS) is 31.8. The molecule has 0 bridgehead atoms. The van der Waals surface area contributed by atoms with Crippen LogP contribution in [0.15, 0.2) is 47.6 Å². The number of hydrogen-bond acceptors (Lipinski definition) is 3. The van der Waals surface area contributed by atoms with Crippen LogP contribution in [0.1, 0.15) is 96.9 Å². The maximum atomic E-state index is 11.1. The van der Waals surface area contributed by atoms with Crippen molar-refractivity contribution >= 4 is 7.94 Å². The van der Waals surface area contributed by atoms with E-state index in [0.29, 0.717) is 0 Å². The molecule has 0 aliphatic heterocycles. The fraction of sp³-hybridized carbons (Fsp3) is 0.742. The van der Waals surface area contributed by atoms with Crippen LogP contribution < -0.4 is 0 Å². The molecule has 4 heteroatoms. The Hall–Kier alpha value is -0.730. The molecule has 0 aromatic rings. The minimum absolute atomic E-state index is 0.0254. The molecule has 35 heavy (non-hydrogen) atoms. The predicted molar refractivity (Wildman–Crippen MR) is 153 cm³/mol. The van der Waals surface area contributed by atoms with E-state index in [4.69, 9.17) is 0 Å². The maximum absolute atomic E-state index is 11.1. The van der Waals surface area contributed by atoms with Gasteiger partial charge in [0.2, 0.25) is 0 Å². The van der Waals surface area contributed by atoms with Crippen LogP contribution in [0.5, 0.6) is 0 Å². The zero-order valence-corrected chi connectivity index (χ0v) is 25.9. The molecule has 0 spiro atoms. The highest BCUT2D eigenvalue weighted by Crippen LogP contribution is 2.68. The van der Waals surface area contributed by atoms with Crippen molar-refractivity contribution in [3.8, 4) is 0 Å². The van der Waals surface area contributed by atoms with Gasteiger partial charge in [0, 0.05) is 22.7 Å². The molecular formula is C31H54O3P+. The van der Waals surface area contributed by atoms with Gasteiger partial charge in [0.15, 0.2) is 5.66 Å². The number of allylic oxidation sites excluding steroid dienone is 8. The second-order valence-corrected chi connectivity index (χ2v) is 17.5. The van der Waals surface area contributed by atoms with Crippen molar-refractivity contribution in [2.24, 2.45) is 44.3 Å². The molecule has 0 radical (unpaired) electrons. The minimum atomic E-state index is -4.24. The number of hydrogen-bond donors (Lipinski definition) is 3. The van der Waals surface area contributed by atoms with Crippen LogP contribution in [0.3, 0.4) is 0 Å². The lowest BCUT2D eigenvalue weighted by Crippen LogP contribution is -2.52. The van der Waals surface area contributed by atoms with Gasteiger partial charge in [-0.05, 0) is 32.8 Å². The van der Waals surface area contributed by atoms with Gasteiger partial charge in [-0.1, -0.05) is 133 Å². The van der Waals surface area contributed by atoms with Gasteiger partial charge in [0.1, 0.15) is 0 Å². The van der Waals surface area contributed by atoms with Gasteiger partial charge in [0.05, 0.1) is 0 Å². The van der Waals surface area contributed by atoms with Crippen molar-refractivity contribution in [2.75, 3.05) is 0 Å². The third kappa shape index (κ3) is 5.74. The first-order valence-corrected chi connectivity index (χ1v) is 14.9. The van der Waals surface area contributed by atoms with Crippen LogP contribution in [0, 0.1) is 44.3 Å². The van der Waals surface area contributed by atoms with E-state index >= 15 is 0 Å². The van der Waals surface area contributed by atoms with Gasteiger partial charge < -0.3 is 0 Å². The monoisotopic (exact) mass is 505 g/mol. The summed E-state index contributed by atoms with van der Waals surface area (Å²) >= 11 is 0. The second kappa shape index (κ2) is 8.93. The number of rotatable bonds is 3. The van der Waals surface area contributed by atoms with Crippen LogP contribution in [0.2, 0.25) is 0 Å². The van der Waals surface area contributed by atoms with E-state index in [2.05, 4.69) is 133 Å². The van der Waals surface area contributed by atoms with Crippen molar-refractivity contribution in [3.63, 3.8) is 0 Å². The highest BCUT2D eigenvalue weighted by atomic mass is 31.2. The summed E-state index contributed by atoms with van der Waals surface area (Å²) in [6.07, 6.45) is 13.3. The first-order valence-electron chi connectivity index (χ1n) is 13.2. The Morgan fingerprint density at radius 3 is 1.11 bits per heavy atom. The maximum Gasteiger partial charge on any atom is 0.408 e. The Bertz CT molecular complexity index is 849. The Balaban J connectivity index is 2.82. The van der Waals surface area contributed by atoms with Crippen LogP contribution in [-0.2, 0) is 0 Å². The quantitative estimate of drug-likeness (QED) is 0.337. The zero-order valence-electron chi connectivity index (χ0n) is 25.0. The first-order chi connectivity index (χ1) is 15.3. The molecule has 4 unspecified atom stereocenters. The van der Waals surface area contributed by atoms with E-state index in [0.717, 1.165) is 0 Å².